The summed E-state index contributed by atoms with van der Waals surface area (Å²) in [5.74, 6) is 0.0208. The zero-order valence-electron chi connectivity index (χ0n) is 12.2. The van der Waals surface area contributed by atoms with Gasteiger partial charge in [-0.2, -0.15) is 8.78 Å². The van der Waals surface area contributed by atoms with Gasteiger partial charge in [0, 0.05) is 24.8 Å². The van der Waals surface area contributed by atoms with Gasteiger partial charge in [-0.3, -0.25) is 0 Å². The lowest BCUT2D eigenvalue weighted by atomic mass is 10.3. The van der Waals surface area contributed by atoms with Crippen LogP contribution in [0.3, 0.4) is 0 Å². The second-order valence-corrected chi connectivity index (χ2v) is 4.43. The second-order valence-electron chi connectivity index (χ2n) is 4.43. The van der Waals surface area contributed by atoms with Gasteiger partial charge in [-0.05, 0) is 26.2 Å². The fourth-order valence-electron chi connectivity index (χ4n) is 1.51. The highest BCUT2D eigenvalue weighted by molar-refractivity contribution is 5.89. The van der Waals surface area contributed by atoms with E-state index in [0.29, 0.717) is 18.8 Å². The number of nitrogens with zero attached hydrogens (tertiary/aromatic N) is 1. The van der Waals surface area contributed by atoms with Gasteiger partial charge in [-0.1, -0.05) is 0 Å². The molecule has 2 amide bonds. The third kappa shape index (κ3) is 6.26. The Morgan fingerprint density at radius 1 is 1.33 bits per heavy atom. The summed E-state index contributed by atoms with van der Waals surface area (Å²) in [5.41, 5.74) is 0.328. The Morgan fingerprint density at radius 2 is 2.05 bits per heavy atom. The number of amides is 2. The Labute approximate surface area is 122 Å². The largest absolute Gasteiger partial charge is 0.493 e. The Hall–Kier alpha value is -2.09. The van der Waals surface area contributed by atoms with E-state index in [2.05, 4.69) is 15.4 Å². The topological polar surface area (TPSA) is 62.8 Å². The molecule has 2 N–H and O–H groups in total. The van der Waals surface area contributed by atoms with E-state index < -0.39 is 12.6 Å². The molecular formula is C13H19F2N3O3. The molecule has 0 unspecified atom stereocenters. The number of ether oxygens (including phenoxy) is 2. The summed E-state index contributed by atoms with van der Waals surface area (Å²) in [7, 11) is 5.11. The van der Waals surface area contributed by atoms with Gasteiger partial charge in [0.15, 0.2) is 11.5 Å². The molecule has 0 bridgehead atoms. The van der Waals surface area contributed by atoms with Crippen LogP contribution in [0.25, 0.3) is 0 Å². The summed E-state index contributed by atoms with van der Waals surface area (Å²) in [5, 5.41) is 5.17. The molecular weight excluding hydrogens is 284 g/mol. The number of halogens is 2. The van der Waals surface area contributed by atoms with Crippen molar-refractivity contribution in [1.82, 2.24) is 10.2 Å². The SMILES string of the molecule is COc1ccc(NC(=O)NCCN(C)C)cc1OC(F)F. The molecule has 0 radical (unpaired) electrons. The average molecular weight is 303 g/mol. The van der Waals surface area contributed by atoms with Crippen LogP contribution in [0.1, 0.15) is 0 Å². The van der Waals surface area contributed by atoms with E-state index in [1.807, 2.05) is 19.0 Å². The monoisotopic (exact) mass is 303 g/mol. The molecule has 0 spiro atoms. The van der Waals surface area contributed by atoms with E-state index in [1.165, 1.54) is 25.3 Å². The van der Waals surface area contributed by atoms with Crippen LogP contribution in [0, 0.1) is 0 Å². The van der Waals surface area contributed by atoms with Crippen LogP contribution in [0.4, 0.5) is 19.3 Å². The van der Waals surface area contributed by atoms with Crippen molar-refractivity contribution >= 4 is 11.7 Å². The van der Waals surface area contributed by atoms with Crippen LogP contribution < -0.4 is 20.1 Å². The number of urea groups is 1. The minimum absolute atomic E-state index is 0.140. The van der Waals surface area contributed by atoms with E-state index in [9.17, 15) is 13.6 Å². The molecule has 8 heteroatoms. The quantitative estimate of drug-likeness (QED) is 0.808. The fraction of sp³-hybridized carbons (Fsp3) is 0.462. The summed E-state index contributed by atoms with van der Waals surface area (Å²) < 4.78 is 33.8. The third-order valence-corrected chi connectivity index (χ3v) is 2.48. The second kappa shape index (κ2) is 8.25. The van der Waals surface area contributed by atoms with Crippen LogP contribution in [-0.4, -0.2) is 51.8 Å². The fourth-order valence-corrected chi connectivity index (χ4v) is 1.51. The van der Waals surface area contributed by atoms with Gasteiger partial charge in [0.25, 0.3) is 0 Å². The minimum Gasteiger partial charge on any atom is -0.493 e. The molecule has 1 rings (SSSR count). The predicted molar refractivity (Wildman–Crippen MR) is 75.2 cm³/mol. The number of carbonyl (C=O) groups excluding carboxylic acids is 1. The molecule has 0 aromatic heterocycles. The Morgan fingerprint density at radius 3 is 2.62 bits per heavy atom. The van der Waals surface area contributed by atoms with E-state index in [1.54, 1.807) is 0 Å². The van der Waals surface area contributed by atoms with Gasteiger partial charge in [-0.15, -0.1) is 0 Å². The summed E-state index contributed by atoms with van der Waals surface area (Å²) in [6.07, 6.45) is 0. The lowest BCUT2D eigenvalue weighted by molar-refractivity contribution is -0.0511. The number of carbonyl (C=O) groups is 1. The first-order chi connectivity index (χ1) is 9.92. The van der Waals surface area contributed by atoms with Gasteiger partial charge in [0.05, 0.1) is 7.11 Å². The first-order valence-electron chi connectivity index (χ1n) is 6.25. The number of hydrogen-bond acceptors (Lipinski definition) is 4. The van der Waals surface area contributed by atoms with E-state index in [4.69, 9.17) is 4.74 Å². The normalized spacial score (nSPS) is 10.6. The maximum atomic E-state index is 12.3. The maximum Gasteiger partial charge on any atom is 0.387 e. The van der Waals surface area contributed by atoms with Crippen molar-refractivity contribution in [3.63, 3.8) is 0 Å². The molecule has 0 heterocycles. The van der Waals surface area contributed by atoms with Crippen molar-refractivity contribution in [3.8, 4) is 11.5 Å². The molecule has 0 aliphatic rings. The summed E-state index contributed by atoms with van der Waals surface area (Å²) >= 11 is 0. The number of nitrogens with one attached hydrogen (secondary N) is 2. The zero-order valence-corrected chi connectivity index (χ0v) is 12.2. The van der Waals surface area contributed by atoms with Crippen molar-refractivity contribution < 1.29 is 23.0 Å². The highest BCUT2D eigenvalue weighted by Gasteiger charge is 2.12. The number of likely N-dealkylation sites (N-methyl/N-ethyl adjacent to an activating group) is 1. The average Bonchev–Trinajstić information content (AvgIpc) is 2.37. The Bertz CT molecular complexity index is 470. The lowest BCUT2D eigenvalue weighted by Gasteiger charge is -2.13. The molecule has 1 aromatic carbocycles. The highest BCUT2D eigenvalue weighted by Crippen LogP contribution is 2.31. The summed E-state index contributed by atoms with van der Waals surface area (Å²) in [6, 6.07) is 3.82. The van der Waals surface area contributed by atoms with Gasteiger partial charge < -0.3 is 25.0 Å². The molecule has 21 heavy (non-hydrogen) atoms. The molecule has 118 valence electrons. The number of methoxy groups -OCH3 is 1. The van der Waals surface area contributed by atoms with Crippen LogP contribution in [0.15, 0.2) is 18.2 Å². The first-order valence-corrected chi connectivity index (χ1v) is 6.25. The standard InChI is InChI=1S/C13H19F2N3O3/c1-18(2)7-6-16-13(19)17-9-4-5-10(20-3)11(8-9)21-12(14)15/h4-5,8,12H,6-7H2,1-3H3,(H2,16,17,19). The minimum atomic E-state index is -2.97. The number of anilines is 1. The van der Waals surface area contributed by atoms with Crippen molar-refractivity contribution in [1.29, 1.82) is 0 Å². The van der Waals surface area contributed by atoms with Crippen LogP contribution in [0.2, 0.25) is 0 Å². The van der Waals surface area contributed by atoms with E-state index in [-0.39, 0.29) is 11.5 Å². The highest BCUT2D eigenvalue weighted by atomic mass is 19.3. The van der Waals surface area contributed by atoms with Crippen molar-refractivity contribution in [2.75, 3.05) is 39.6 Å². The van der Waals surface area contributed by atoms with Gasteiger partial charge >= 0.3 is 12.6 Å². The number of hydrogen-bond donors (Lipinski definition) is 2. The molecule has 0 aliphatic heterocycles. The van der Waals surface area contributed by atoms with E-state index in [0.717, 1.165) is 0 Å². The van der Waals surface area contributed by atoms with Crippen molar-refractivity contribution in [2.24, 2.45) is 0 Å². The van der Waals surface area contributed by atoms with Gasteiger partial charge in [0.2, 0.25) is 0 Å². The number of rotatable bonds is 7. The lowest BCUT2D eigenvalue weighted by Crippen LogP contribution is -2.34. The molecule has 1 aromatic rings. The maximum absolute atomic E-state index is 12.3. The zero-order chi connectivity index (χ0) is 15.8. The van der Waals surface area contributed by atoms with Crippen LogP contribution >= 0.6 is 0 Å². The Kier molecular flexibility index (Phi) is 6.67. The molecule has 0 aliphatic carbocycles. The molecule has 0 saturated carbocycles. The number of alkyl halides is 2. The third-order valence-electron chi connectivity index (χ3n) is 2.48. The van der Waals surface area contributed by atoms with Crippen LogP contribution in [0.5, 0.6) is 11.5 Å². The predicted octanol–water partition coefficient (Wildman–Crippen LogP) is 1.98. The smallest absolute Gasteiger partial charge is 0.387 e. The van der Waals surface area contributed by atoms with Crippen molar-refractivity contribution in [2.45, 2.75) is 6.61 Å². The van der Waals surface area contributed by atoms with Crippen LogP contribution in [-0.2, 0) is 0 Å². The molecule has 0 atom stereocenters. The molecule has 0 fully saturated rings. The summed E-state index contributed by atoms with van der Waals surface area (Å²) in [4.78, 5) is 13.5. The molecule has 0 saturated heterocycles. The van der Waals surface area contributed by atoms with Crippen molar-refractivity contribution in [3.05, 3.63) is 18.2 Å². The number of benzene rings is 1. The van der Waals surface area contributed by atoms with E-state index >= 15 is 0 Å². The Balaban J connectivity index is 2.64. The van der Waals surface area contributed by atoms with Gasteiger partial charge in [-0.25, -0.2) is 4.79 Å². The van der Waals surface area contributed by atoms with Gasteiger partial charge in [0.1, 0.15) is 0 Å². The first kappa shape index (κ1) is 17.0. The molecule has 6 nitrogen and oxygen atoms in total. The summed E-state index contributed by atoms with van der Waals surface area (Å²) in [6.45, 7) is -1.81.